The van der Waals surface area contributed by atoms with Crippen molar-refractivity contribution in [3.05, 3.63) is 46.0 Å². The minimum absolute atomic E-state index is 0. The number of imidazole rings is 3. The Morgan fingerprint density at radius 3 is 1.85 bits per heavy atom. The predicted molar refractivity (Wildman–Crippen MR) is 230 cm³/mol. The third-order valence-corrected chi connectivity index (χ3v) is 16.6. The van der Waals surface area contributed by atoms with E-state index in [0.717, 1.165) is 39.8 Å². The van der Waals surface area contributed by atoms with Crippen molar-refractivity contribution in [3.63, 3.8) is 0 Å². The summed E-state index contributed by atoms with van der Waals surface area (Å²) in [7, 11) is -22.4. The van der Waals surface area contributed by atoms with Crippen LogP contribution in [-0.2, 0) is 71.0 Å². The van der Waals surface area contributed by atoms with Gasteiger partial charge in [0.05, 0.1) is 39.5 Å². The molecule has 3 aliphatic heterocycles. The van der Waals surface area contributed by atoms with Crippen molar-refractivity contribution < 1.29 is 197 Å². The van der Waals surface area contributed by atoms with E-state index in [1.54, 1.807) is 0 Å². The molecule has 6 aromatic rings. The number of hydrogen-bond acceptors (Lipinski definition) is 33. The van der Waals surface area contributed by atoms with E-state index < -0.39 is 136 Å². The van der Waals surface area contributed by atoms with Gasteiger partial charge in [-0.05, 0) is 0 Å². The fourth-order valence-corrected chi connectivity index (χ4v) is 12.6. The first-order valence-corrected chi connectivity index (χ1v) is 26.9. The van der Waals surface area contributed by atoms with Crippen LogP contribution in [0.5, 0.6) is 0 Å². The van der Waals surface area contributed by atoms with Crippen LogP contribution >= 0.6 is 31.3 Å². The third-order valence-electron chi connectivity index (χ3n) is 11.5. The van der Waals surface area contributed by atoms with Crippen molar-refractivity contribution in [2.24, 2.45) is 7.05 Å². The Labute approximate surface area is 499 Å². The second-order valence-electron chi connectivity index (χ2n) is 16.4. The standard InChI is InChI=1S/C32H43N15O24P4.3Na/c1-44-9-47(25-15(44)27(53)43-32(35)41-25)29-19(51)17(49)11(67-29)4-64-73(56,57)70-75(60,61)71-74(58,59)65-5-12-20(21(62-2)30(68-12)45-7-38-13-22(33)36-6-37-23(13)45)69-72(54,55)63-3-10-16(48)18(50)28(66-10)46-8-39-14-24(46)40-31(34)42-26(14)52;;;/h6-12,16-21,28-30,48-51H,3-5H2,1-2H3,(H11-,33,34,35,36,37,40,41,42,43,52,53,54,55,56,57,58,59,60,61);;;/q;3*+1/p-3/t10-,11+,12-,16-,17+,18-,19+,20-,21-,28-,29+,30-;;;/m1.../s1. The average molecular weight is 1210 g/mol. The van der Waals surface area contributed by atoms with E-state index in [2.05, 4.69) is 57.5 Å². The van der Waals surface area contributed by atoms with Gasteiger partial charge in [0.15, 0.2) is 41.4 Å². The fraction of sp³-hybridized carbons (Fsp3) is 0.531. The Morgan fingerprint density at radius 1 is 0.667 bits per heavy atom. The Morgan fingerprint density at radius 2 is 1.21 bits per heavy atom. The molecule has 39 nitrogen and oxygen atoms in total. The van der Waals surface area contributed by atoms with Gasteiger partial charge in [-0.1, -0.05) is 4.98 Å². The van der Waals surface area contributed by atoms with Crippen molar-refractivity contribution >= 4 is 82.5 Å². The molecule has 0 aromatic carbocycles. The zero-order chi connectivity index (χ0) is 54.3. The van der Waals surface area contributed by atoms with Gasteiger partial charge in [0.1, 0.15) is 66.8 Å². The Kier molecular flexibility index (Phi) is 20.8. The molecule has 16 atom stereocenters. The topological polar surface area (TPSA) is 574 Å². The molecule has 78 heavy (non-hydrogen) atoms. The number of nitrogens with zero attached hydrogens (tertiary/aromatic N) is 10. The number of rotatable bonds is 19. The summed E-state index contributed by atoms with van der Waals surface area (Å²) in [5.41, 5.74) is 15.1. The molecule has 0 saturated carbocycles. The Bertz CT molecular complexity index is 3490. The summed E-state index contributed by atoms with van der Waals surface area (Å²) in [6.45, 7) is -3.73. The predicted octanol–water partition coefficient (Wildman–Crippen LogP) is -16.2. The quantitative estimate of drug-likeness (QED) is 0.0207. The first-order chi connectivity index (χ1) is 35.2. The van der Waals surface area contributed by atoms with Crippen LogP contribution in [0, 0.1) is 0 Å². The fourth-order valence-electron chi connectivity index (χ4n) is 8.26. The second-order valence-corrected chi connectivity index (χ2v) is 22.3. The van der Waals surface area contributed by atoms with Gasteiger partial charge in [-0.2, -0.15) is 4.98 Å². The Hall–Kier alpha value is -2.15. The molecule has 12 N–H and O–H groups in total. The van der Waals surface area contributed by atoms with E-state index in [9.17, 15) is 67.8 Å². The summed E-state index contributed by atoms with van der Waals surface area (Å²) in [5.74, 6) is -0.782. The number of aromatic nitrogens is 12. The number of ether oxygens (including phenoxy) is 4. The molecule has 6 aromatic heterocycles. The molecule has 9 heterocycles. The number of aliphatic hydroxyl groups excluding tert-OH is 4. The molecule has 3 aliphatic rings. The monoisotopic (exact) mass is 1210 g/mol. The van der Waals surface area contributed by atoms with E-state index >= 15 is 0 Å². The van der Waals surface area contributed by atoms with Gasteiger partial charge in [0.2, 0.25) is 17.7 Å². The SMILES string of the molecule is CO[C@@H]1[C@H](OP(=O)([O-])OC[C@H]2O[C@@H](n3cnc4c(=O)[nH]c(N)nc43)[C@H](O)[C@@H]2O)[C@@H](COP(=O)([O-])OP(=O)([O-])OP(=O)([O-])OC[C@@H]2O[C@H]([n+]3cn(C)c4c(=O)[nH]c(N)nc43)[C@@H](O)[C@H]2O)O[C@H]1n1cnc2c(N)ncnc21.[Na+].[Na+].[Na+]. The number of phosphoric ester groups is 3. The van der Waals surface area contributed by atoms with Gasteiger partial charge in [0, 0.05) is 7.11 Å². The van der Waals surface area contributed by atoms with E-state index in [0.29, 0.717) is 0 Å². The number of methoxy groups -OCH3 is 1. The van der Waals surface area contributed by atoms with Gasteiger partial charge in [-0.3, -0.25) is 51.5 Å². The number of anilines is 3. The van der Waals surface area contributed by atoms with Crippen LogP contribution in [0.2, 0.25) is 0 Å². The largest absolute Gasteiger partial charge is 1.00 e. The number of nitrogens with one attached hydrogen (secondary N) is 2. The summed E-state index contributed by atoms with van der Waals surface area (Å²) in [4.78, 5) is 105. The van der Waals surface area contributed by atoms with Crippen molar-refractivity contribution in [2.45, 2.75) is 73.6 Å². The molecule has 3 fully saturated rings. The molecular weight excluding hydrogens is 1170 g/mol. The van der Waals surface area contributed by atoms with Crippen molar-refractivity contribution in [2.75, 3.05) is 44.1 Å². The van der Waals surface area contributed by atoms with Gasteiger partial charge in [-0.25, -0.2) is 33.1 Å². The summed E-state index contributed by atoms with van der Waals surface area (Å²) < 4.78 is 106. The van der Waals surface area contributed by atoms with E-state index in [1.165, 1.54) is 17.9 Å². The molecule has 410 valence electrons. The number of hydrogen-bond donors (Lipinski definition) is 9. The molecule has 4 unspecified atom stereocenters. The number of nitrogen functional groups attached to an aromatic ring is 3. The first-order valence-electron chi connectivity index (χ1n) is 21.1. The van der Waals surface area contributed by atoms with Crippen LogP contribution in [0.3, 0.4) is 0 Å². The minimum atomic E-state index is -6.59. The zero-order valence-electron chi connectivity index (χ0n) is 40.8. The van der Waals surface area contributed by atoms with Crippen molar-refractivity contribution in [3.8, 4) is 0 Å². The molecule has 3 saturated heterocycles. The van der Waals surface area contributed by atoms with E-state index in [-0.39, 0.29) is 140 Å². The van der Waals surface area contributed by atoms with Gasteiger partial charge >= 0.3 is 94.3 Å². The molecular formula is C32H40N15Na3O24P4. The normalized spacial score (nSPS) is 29.3. The molecule has 0 bridgehead atoms. The molecule has 46 heteroatoms. The van der Waals surface area contributed by atoms with Crippen LogP contribution in [0.15, 0.2) is 34.9 Å². The molecule has 0 amide bonds. The van der Waals surface area contributed by atoms with Gasteiger partial charge < -0.3 is 94.2 Å². The molecule has 0 aliphatic carbocycles. The summed E-state index contributed by atoms with van der Waals surface area (Å²) >= 11 is 0. The molecule has 0 radical (unpaired) electrons. The van der Waals surface area contributed by atoms with Crippen LogP contribution < -0.4 is 141 Å². The summed E-state index contributed by atoms with van der Waals surface area (Å²) in [6, 6.07) is 0. The number of fused-ring (bicyclic) bond motifs is 3. The number of nitrogens with two attached hydrogens (primary N) is 3. The number of aryl methyl sites for hydroxylation is 1. The molecule has 0 spiro atoms. The number of phosphoric acid groups is 4. The maximum absolute atomic E-state index is 13.5. The van der Waals surface area contributed by atoms with Crippen molar-refractivity contribution in [1.29, 1.82) is 0 Å². The zero-order valence-corrected chi connectivity index (χ0v) is 50.4. The average Bonchev–Trinajstić information content (AvgIpc) is 4.17. The summed E-state index contributed by atoms with van der Waals surface area (Å²) in [5, 5.41) is 43.0. The van der Waals surface area contributed by atoms with Crippen molar-refractivity contribution in [1.82, 2.24) is 53.6 Å². The van der Waals surface area contributed by atoms with E-state index in [4.69, 9.17) is 45.2 Å². The number of H-pyrrole nitrogens is 2. The number of aromatic amines is 2. The second kappa shape index (κ2) is 25.0. The maximum Gasteiger partial charge on any atom is 1.00 e. The van der Waals surface area contributed by atoms with E-state index in [1.807, 2.05) is 0 Å². The molecule has 9 rings (SSSR count). The van der Waals surface area contributed by atoms with Gasteiger partial charge in [-0.15, -0.1) is 0 Å². The first kappa shape index (κ1) is 65.0. The van der Waals surface area contributed by atoms with Crippen LogP contribution in [0.1, 0.15) is 18.7 Å². The smallest absolute Gasteiger partial charge is 0.756 e. The maximum atomic E-state index is 13.5. The van der Waals surface area contributed by atoms with Gasteiger partial charge in [0.25, 0.3) is 48.4 Å². The third kappa shape index (κ3) is 13.4. The van der Waals surface area contributed by atoms with Crippen LogP contribution in [0.25, 0.3) is 33.5 Å². The summed E-state index contributed by atoms with van der Waals surface area (Å²) in [6.07, 6.45) is -16.7. The van der Waals surface area contributed by atoms with Crippen LogP contribution in [0.4, 0.5) is 17.7 Å². The van der Waals surface area contributed by atoms with Crippen LogP contribution in [-0.4, -0.2) is 156 Å². The number of aliphatic hydroxyl groups is 4. The minimum Gasteiger partial charge on any atom is -0.756 e. The Balaban J connectivity index is 0.00000328.